The van der Waals surface area contributed by atoms with Gasteiger partial charge in [-0.1, -0.05) is 20.8 Å². The summed E-state index contributed by atoms with van der Waals surface area (Å²) in [6.07, 6.45) is -4.72. The fourth-order valence-corrected chi connectivity index (χ4v) is 3.14. The Morgan fingerprint density at radius 1 is 1.29 bits per heavy atom. The van der Waals surface area contributed by atoms with Crippen LogP contribution in [-0.2, 0) is 9.26 Å². The van der Waals surface area contributed by atoms with Crippen LogP contribution in [0, 0.1) is 6.92 Å². The number of hydrogen-bond acceptors (Lipinski definition) is 10. The molecule has 1 fully saturated rings. The zero-order valence-corrected chi connectivity index (χ0v) is 17.6. The van der Waals surface area contributed by atoms with Crippen molar-refractivity contribution in [1.29, 1.82) is 0 Å². The van der Waals surface area contributed by atoms with Crippen LogP contribution in [0.25, 0.3) is 0 Å². The molecule has 0 saturated carbocycles. The second-order valence-corrected chi connectivity index (χ2v) is 7.10. The van der Waals surface area contributed by atoms with E-state index in [1.807, 2.05) is 0 Å². The van der Waals surface area contributed by atoms with Crippen LogP contribution in [0.2, 0.25) is 0 Å². The summed E-state index contributed by atoms with van der Waals surface area (Å²) in [5.74, 6) is 0.0516. The van der Waals surface area contributed by atoms with E-state index in [0.29, 0.717) is 5.69 Å². The Kier molecular flexibility index (Phi) is 10.4. The Bertz CT molecular complexity index is 651. The van der Waals surface area contributed by atoms with E-state index < -0.39 is 38.8 Å². The lowest BCUT2D eigenvalue weighted by Crippen LogP contribution is -2.37. The number of nitrogens with zero attached hydrogens (tertiary/aromatic N) is 3. The Morgan fingerprint density at radius 3 is 2.29 bits per heavy atom. The van der Waals surface area contributed by atoms with E-state index in [2.05, 4.69) is 30.7 Å². The van der Waals surface area contributed by atoms with Gasteiger partial charge in [0.1, 0.15) is 24.1 Å². The molecule has 162 valence electrons. The Labute approximate surface area is 165 Å². The summed E-state index contributed by atoms with van der Waals surface area (Å²) in [6.45, 7) is 11.5. The first kappa shape index (κ1) is 24.9. The van der Waals surface area contributed by atoms with Crippen molar-refractivity contribution in [2.24, 2.45) is 5.50 Å². The number of ether oxygens (including phenoxy) is 1. The molecule has 1 unspecified atom stereocenters. The summed E-state index contributed by atoms with van der Waals surface area (Å²) < 4.78 is 11.3. The highest BCUT2D eigenvalue weighted by molar-refractivity contribution is 7.43. The lowest BCUT2D eigenvalue weighted by molar-refractivity contribution is -0.0522. The number of aryl methyl sites for hydroxylation is 1. The number of nitrogens with two attached hydrogens (primary N) is 2. The molecule has 0 bridgehead atoms. The molecule has 12 heteroatoms. The Morgan fingerprint density at radius 2 is 1.86 bits per heavy atom. The summed E-state index contributed by atoms with van der Waals surface area (Å²) in [5.41, 5.74) is 10.3. The highest BCUT2D eigenvalue weighted by atomic mass is 31.2. The van der Waals surface area contributed by atoms with Crippen LogP contribution < -0.4 is 16.9 Å². The van der Waals surface area contributed by atoms with Crippen molar-refractivity contribution in [2.75, 3.05) is 32.0 Å². The molecule has 5 atom stereocenters. The lowest BCUT2D eigenvalue weighted by atomic mass is 10.1. The van der Waals surface area contributed by atoms with E-state index >= 15 is 0 Å². The minimum Gasteiger partial charge on any atom is -0.387 e. The zero-order chi connectivity index (χ0) is 21.4. The number of hydrogen-bond donors (Lipinski definition) is 5. The van der Waals surface area contributed by atoms with Gasteiger partial charge in [-0.15, -0.1) is 0 Å². The first-order valence-corrected chi connectivity index (χ1v) is 10.4. The molecule has 1 aromatic rings. The molecule has 1 saturated heterocycles. The quantitative estimate of drug-likeness (QED) is 0.355. The predicted octanol–water partition coefficient (Wildman–Crippen LogP) is -0.704. The molecule has 1 aliphatic rings. The topological polar surface area (TPSA) is 169 Å². The maximum absolute atomic E-state index is 11.9. The maximum atomic E-state index is 11.9. The van der Waals surface area contributed by atoms with Gasteiger partial charge in [0, 0.05) is 5.69 Å². The van der Waals surface area contributed by atoms with E-state index in [-0.39, 0.29) is 12.4 Å². The third kappa shape index (κ3) is 6.71. The summed E-state index contributed by atoms with van der Waals surface area (Å²) >= 11 is 0. The van der Waals surface area contributed by atoms with Crippen LogP contribution in [0.15, 0.2) is 10.9 Å². The van der Waals surface area contributed by atoms with Gasteiger partial charge < -0.3 is 35.0 Å². The zero-order valence-electron chi connectivity index (χ0n) is 16.7. The van der Waals surface area contributed by atoms with Gasteiger partial charge in [-0.05, 0) is 32.6 Å². The standard InChI is InChI=1S/C10H17N4O6P.C6H15N/c1-4-2-6(11)13-10(17)14(4)9-8(16)7(15)5(20-9)3-19-21(12)18;1-4-7(5-2)6-3/h2,5,7-9,15-16,18H,3,12H2,1H3,(H2,11,13,17);4-6H2,1-3H3/t5-,7-,8-,9-,21?;/m1./s1. The molecule has 7 N–H and O–H groups in total. The first-order valence-electron chi connectivity index (χ1n) is 9.12. The minimum atomic E-state index is -2.11. The van der Waals surface area contributed by atoms with E-state index in [0.717, 1.165) is 4.57 Å². The van der Waals surface area contributed by atoms with Crippen LogP contribution in [0.4, 0.5) is 5.82 Å². The number of aliphatic hydroxyl groups excluding tert-OH is 2. The number of aromatic nitrogens is 2. The molecule has 28 heavy (non-hydrogen) atoms. The second-order valence-electron chi connectivity index (χ2n) is 6.24. The van der Waals surface area contributed by atoms with Gasteiger partial charge in [-0.3, -0.25) is 10.1 Å². The van der Waals surface area contributed by atoms with Gasteiger partial charge in [0.25, 0.3) is 0 Å². The van der Waals surface area contributed by atoms with Crippen molar-refractivity contribution < 1.29 is 24.4 Å². The first-order chi connectivity index (χ1) is 13.2. The molecule has 0 aliphatic carbocycles. The van der Waals surface area contributed by atoms with Gasteiger partial charge in [0.05, 0.1) is 6.61 Å². The van der Waals surface area contributed by atoms with Crippen molar-refractivity contribution in [3.63, 3.8) is 0 Å². The van der Waals surface area contributed by atoms with Crippen LogP contribution in [0.5, 0.6) is 0 Å². The molecular formula is C16H32N5O6P. The van der Waals surface area contributed by atoms with Gasteiger partial charge >= 0.3 is 5.69 Å². The molecule has 2 heterocycles. The summed E-state index contributed by atoms with van der Waals surface area (Å²) in [4.78, 5) is 26.7. The van der Waals surface area contributed by atoms with Gasteiger partial charge in [0.2, 0.25) is 8.53 Å². The third-order valence-corrected chi connectivity index (χ3v) is 4.89. The Hall–Kier alpha value is -1.17. The monoisotopic (exact) mass is 421 g/mol. The van der Waals surface area contributed by atoms with E-state index in [9.17, 15) is 15.0 Å². The van der Waals surface area contributed by atoms with Crippen LogP contribution in [0.1, 0.15) is 32.7 Å². The van der Waals surface area contributed by atoms with Gasteiger partial charge in [-0.25, -0.2) is 4.79 Å². The predicted molar refractivity (Wildman–Crippen MR) is 106 cm³/mol. The average molecular weight is 421 g/mol. The van der Waals surface area contributed by atoms with Crippen LogP contribution in [-0.4, -0.2) is 74.1 Å². The highest BCUT2D eigenvalue weighted by Crippen LogP contribution is 2.31. The molecule has 1 aromatic heterocycles. The van der Waals surface area contributed by atoms with Crippen molar-refractivity contribution in [1.82, 2.24) is 14.5 Å². The van der Waals surface area contributed by atoms with E-state index in [4.69, 9.17) is 25.4 Å². The SMILES string of the molecule is CCN(CC)CC.Cc1cc(N)nc(=O)n1[C@@H]1O[C@H](COP(N)O)[C@@H](O)[C@H]1O. The average Bonchev–Trinajstić information content (AvgIpc) is 2.90. The maximum Gasteiger partial charge on any atom is 0.351 e. The van der Waals surface area contributed by atoms with E-state index in [1.165, 1.54) is 25.7 Å². The Balaban J connectivity index is 0.000000480. The van der Waals surface area contributed by atoms with Crippen molar-refractivity contribution in [3.8, 4) is 0 Å². The van der Waals surface area contributed by atoms with Crippen LogP contribution >= 0.6 is 8.53 Å². The van der Waals surface area contributed by atoms with Gasteiger partial charge in [-0.2, -0.15) is 4.98 Å². The molecular weight excluding hydrogens is 389 g/mol. The highest BCUT2D eigenvalue weighted by Gasteiger charge is 2.44. The summed E-state index contributed by atoms with van der Waals surface area (Å²) in [5, 5.41) is 19.9. The minimum absolute atomic E-state index is 0.0516. The smallest absolute Gasteiger partial charge is 0.351 e. The van der Waals surface area contributed by atoms with Gasteiger partial charge in [0.15, 0.2) is 6.23 Å². The number of aliphatic hydroxyl groups is 2. The third-order valence-electron chi connectivity index (χ3n) is 4.47. The van der Waals surface area contributed by atoms with Crippen LogP contribution in [0.3, 0.4) is 0 Å². The van der Waals surface area contributed by atoms with Crippen molar-refractivity contribution >= 4 is 14.3 Å². The lowest BCUT2D eigenvalue weighted by Gasteiger charge is -2.19. The molecule has 1 aliphatic heterocycles. The normalized spacial score (nSPS) is 25.5. The van der Waals surface area contributed by atoms with Crippen molar-refractivity contribution in [2.45, 2.75) is 52.2 Å². The fraction of sp³-hybridized carbons (Fsp3) is 0.750. The summed E-state index contributed by atoms with van der Waals surface area (Å²) in [7, 11) is -2.11. The van der Waals surface area contributed by atoms with E-state index in [1.54, 1.807) is 6.92 Å². The second kappa shape index (κ2) is 11.7. The molecule has 0 aromatic carbocycles. The molecule has 0 amide bonds. The number of anilines is 1. The number of rotatable bonds is 7. The molecule has 0 spiro atoms. The molecule has 2 rings (SSSR count). The molecule has 0 radical (unpaired) electrons. The fourth-order valence-electron chi connectivity index (χ4n) is 2.84. The number of nitrogen functional groups attached to an aromatic ring is 1. The van der Waals surface area contributed by atoms with Crippen molar-refractivity contribution in [3.05, 3.63) is 22.2 Å². The summed E-state index contributed by atoms with van der Waals surface area (Å²) in [6, 6.07) is 1.44. The molecule has 11 nitrogen and oxygen atoms in total. The largest absolute Gasteiger partial charge is 0.387 e.